The minimum absolute atomic E-state index is 0.248. The van der Waals surface area contributed by atoms with Crippen molar-refractivity contribution in [3.05, 3.63) is 34.9 Å². The summed E-state index contributed by atoms with van der Waals surface area (Å²) < 4.78 is 0. The lowest BCUT2D eigenvalue weighted by Crippen LogP contribution is -2.33. The van der Waals surface area contributed by atoms with Gasteiger partial charge in [0.15, 0.2) is 0 Å². The molecule has 4 atom stereocenters. The number of hydrogen-bond donors (Lipinski definition) is 1. The van der Waals surface area contributed by atoms with Crippen LogP contribution in [0.3, 0.4) is 0 Å². The molecule has 4 unspecified atom stereocenters. The van der Waals surface area contributed by atoms with Gasteiger partial charge in [0, 0.05) is 0 Å². The Balaban J connectivity index is 1.62. The zero-order valence-corrected chi connectivity index (χ0v) is 19.0. The number of allylic oxidation sites excluding steroid dienone is 4. The van der Waals surface area contributed by atoms with Crippen LogP contribution in [0.25, 0.3) is 0 Å². The summed E-state index contributed by atoms with van der Waals surface area (Å²) in [5.41, 5.74) is 4.94. The maximum Gasteiger partial charge on any atom is 0.0787 e. The first-order valence-corrected chi connectivity index (χ1v) is 12.2. The molecule has 0 saturated heterocycles. The van der Waals surface area contributed by atoms with Crippen molar-refractivity contribution in [3.63, 3.8) is 0 Å². The van der Waals surface area contributed by atoms with Crippen LogP contribution in [-0.2, 0) is 0 Å². The van der Waals surface area contributed by atoms with E-state index in [1.807, 2.05) is 0 Å². The molecule has 0 amide bonds. The minimum Gasteiger partial charge on any atom is -0.388 e. The topological polar surface area (TPSA) is 20.2 Å². The molecular formula is C27H44O. The van der Waals surface area contributed by atoms with Crippen LogP contribution in [0.2, 0.25) is 0 Å². The predicted molar refractivity (Wildman–Crippen MR) is 121 cm³/mol. The zero-order valence-electron chi connectivity index (χ0n) is 19.0. The largest absolute Gasteiger partial charge is 0.388 e. The fourth-order valence-electron chi connectivity index (χ4n) is 6.43. The fraction of sp³-hybridized carbons (Fsp3) is 0.778. The summed E-state index contributed by atoms with van der Waals surface area (Å²) in [5, 5.41) is 10.3. The second-order valence-electron chi connectivity index (χ2n) is 10.5. The highest BCUT2D eigenvalue weighted by atomic mass is 16.3. The molecule has 1 heteroatoms. The predicted octanol–water partition coefficient (Wildman–Crippen LogP) is 7.76. The van der Waals surface area contributed by atoms with Gasteiger partial charge in [-0.2, -0.15) is 0 Å². The number of aliphatic hydroxyl groups excluding tert-OH is 1. The standard InChI is InChI=1S/C27H44O/c1-5-22-14-12-21(19-26(22)28)13-15-23-10-8-18-27(4)24(16-17-25(23)27)11-7-6-9-20(2)3/h5,13,15,20,24-26,28H,6-12,14,16-19H2,1-4H3/b21-13-,22-5+,23-15+. The van der Waals surface area contributed by atoms with Crippen molar-refractivity contribution in [1.82, 2.24) is 0 Å². The SMILES string of the molecule is C/C=C1\CC/C(=C/C=C2\CCCC3(C)C(CCCCC(C)C)CCC23)CC1O. The normalized spacial score (nSPS) is 37.9. The van der Waals surface area contributed by atoms with E-state index in [0.29, 0.717) is 5.41 Å². The third-order valence-electron chi connectivity index (χ3n) is 8.27. The molecule has 3 saturated carbocycles. The van der Waals surface area contributed by atoms with Crippen LogP contribution in [0.1, 0.15) is 105 Å². The van der Waals surface area contributed by atoms with Crippen molar-refractivity contribution in [2.45, 2.75) is 111 Å². The Morgan fingerprint density at radius 3 is 2.61 bits per heavy atom. The first kappa shape index (κ1) is 21.9. The molecule has 0 aromatic carbocycles. The maximum atomic E-state index is 10.3. The Bertz CT molecular complexity index is 608. The first-order valence-electron chi connectivity index (χ1n) is 12.2. The van der Waals surface area contributed by atoms with Crippen LogP contribution in [0.5, 0.6) is 0 Å². The van der Waals surface area contributed by atoms with Gasteiger partial charge in [-0.25, -0.2) is 0 Å². The molecule has 0 bridgehead atoms. The lowest BCUT2D eigenvalue weighted by molar-refractivity contribution is 0.127. The van der Waals surface area contributed by atoms with E-state index in [0.717, 1.165) is 37.0 Å². The van der Waals surface area contributed by atoms with E-state index in [1.54, 1.807) is 5.57 Å². The summed E-state index contributed by atoms with van der Waals surface area (Å²) in [6.45, 7) is 9.37. The van der Waals surface area contributed by atoms with E-state index in [9.17, 15) is 5.11 Å². The van der Waals surface area contributed by atoms with Crippen molar-refractivity contribution in [1.29, 1.82) is 0 Å². The average Bonchev–Trinajstić information content (AvgIpc) is 3.00. The Morgan fingerprint density at radius 1 is 1.07 bits per heavy atom. The average molecular weight is 385 g/mol. The Hall–Kier alpha value is -0.820. The maximum absolute atomic E-state index is 10.3. The molecule has 0 spiro atoms. The monoisotopic (exact) mass is 384 g/mol. The highest BCUT2D eigenvalue weighted by Gasteiger charge is 2.48. The second kappa shape index (κ2) is 9.79. The summed E-state index contributed by atoms with van der Waals surface area (Å²) in [6, 6.07) is 0. The lowest BCUT2D eigenvalue weighted by Gasteiger charge is -2.42. The summed E-state index contributed by atoms with van der Waals surface area (Å²) in [6.07, 6.45) is 22.4. The van der Waals surface area contributed by atoms with Gasteiger partial charge in [0.25, 0.3) is 0 Å². The molecule has 3 aliphatic rings. The van der Waals surface area contributed by atoms with Crippen LogP contribution in [0.15, 0.2) is 34.9 Å². The smallest absolute Gasteiger partial charge is 0.0787 e. The van der Waals surface area contributed by atoms with E-state index in [-0.39, 0.29) is 6.10 Å². The molecule has 28 heavy (non-hydrogen) atoms. The Morgan fingerprint density at radius 2 is 1.89 bits per heavy atom. The second-order valence-corrected chi connectivity index (χ2v) is 10.5. The third kappa shape index (κ3) is 5.02. The molecule has 0 heterocycles. The summed E-state index contributed by atoms with van der Waals surface area (Å²) in [7, 11) is 0. The third-order valence-corrected chi connectivity index (χ3v) is 8.27. The van der Waals surface area contributed by atoms with Crippen LogP contribution < -0.4 is 0 Å². The molecule has 0 aromatic heterocycles. The van der Waals surface area contributed by atoms with Gasteiger partial charge < -0.3 is 5.11 Å². The first-order chi connectivity index (χ1) is 13.4. The van der Waals surface area contributed by atoms with E-state index in [2.05, 4.69) is 45.9 Å². The fourth-order valence-corrected chi connectivity index (χ4v) is 6.43. The van der Waals surface area contributed by atoms with Gasteiger partial charge in [-0.15, -0.1) is 0 Å². The molecular weight excluding hydrogens is 340 g/mol. The number of aliphatic hydroxyl groups is 1. The molecule has 0 aromatic rings. The van der Waals surface area contributed by atoms with Crippen molar-refractivity contribution in [3.8, 4) is 0 Å². The Kier molecular flexibility index (Phi) is 7.65. The number of hydrogen-bond acceptors (Lipinski definition) is 1. The van der Waals surface area contributed by atoms with E-state index < -0.39 is 0 Å². The molecule has 1 nitrogen and oxygen atoms in total. The van der Waals surface area contributed by atoms with Crippen LogP contribution in [-0.4, -0.2) is 11.2 Å². The van der Waals surface area contributed by atoms with Gasteiger partial charge in [0.05, 0.1) is 6.10 Å². The summed E-state index contributed by atoms with van der Waals surface area (Å²) in [5.74, 6) is 2.61. The number of unbranched alkanes of at least 4 members (excludes halogenated alkanes) is 1. The van der Waals surface area contributed by atoms with Gasteiger partial charge >= 0.3 is 0 Å². The van der Waals surface area contributed by atoms with E-state index >= 15 is 0 Å². The van der Waals surface area contributed by atoms with Crippen molar-refractivity contribution >= 4 is 0 Å². The quantitative estimate of drug-likeness (QED) is 0.366. The molecule has 158 valence electrons. The zero-order chi connectivity index (χ0) is 20.1. The van der Waals surface area contributed by atoms with Crippen LogP contribution >= 0.6 is 0 Å². The van der Waals surface area contributed by atoms with Gasteiger partial charge in [-0.1, -0.05) is 69.4 Å². The van der Waals surface area contributed by atoms with Crippen LogP contribution in [0, 0.1) is 23.2 Å². The van der Waals surface area contributed by atoms with Crippen LogP contribution in [0.4, 0.5) is 0 Å². The molecule has 1 N–H and O–H groups in total. The summed E-state index contributed by atoms with van der Waals surface area (Å²) in [4.78, 5) is 0. The molecule has 3 fully saturated rings. The molecule has 0 radical (unpaired) electrons. The Labute approximate surface area is 174 Å². The highest BCUT2D eigenvalue weighted by molar-refractivity contribution is 5.28. The highest BCUT2D eigenvalue weighted by Crippen LogP contribution is 2.58. The minimum atomic E-state index is -0.248. The molecule has 0 aliphatic heterocycles. The van der Waals surface area contributed by atoms with E-state index in [1.165, 1.54) is 68.9 Å². The van der Waals surface area contributed by atoms with Gasteiger partial charge in [-0.05, 0) is 93.5 Å². The molecule has 3 rings (SSSR count). The van der Waals surface area contributed by atoms with Crippen molar-refractivity contribution in [2.75, 3.05) is 0 Å². The van der Waals surface area contributed by atoms with Gasteiger partial charge in [0.2, 0.25) is 0 Å². The van der Waals surface area contributed by atoms with Crippen molar-refractivity contribution in [2.24, 2.45) is 23.2 Å². The van der Waals surface area contributed by atoms with Gasteiger partial charge in [0.1, 0.15) is 0 Å². The van der Waals surface area contributed by atoms with E-state index in [4.69, 9.17) is 0 Å². The summed E-state index contributed by atoms with van der Waals surface area (Å²) >= 11 is 0. The van der Waals surface area contributed by atoms with Crippen molar-refractivity contribution < 1.29 is 5.11 Å². The number of fused-ring (bicyclic) bond motifs is 1. The lowest BCUT2D eigenvalue weighted by atomic mass is 9.62. The molecule has 3 aliphatic carbocycles. The number of rotatable bonds is 6. The van der Waals surface area contributed by atoms with Gasteiger partial charge in [-0.3, -0.25) is 0 Å².